The van der Waals surface area contributed by atoms with Crippen LogP contribution in [0.2, 0.25) is 0 Å². The molecule has 2 aliphatic heterocycles. The van der Waals surface area contributed by atoms with E-state index in [1.807, 2.05) is 29.2 Å². The normalized spacial score (nSPS) is 16.0. The molecular formula is C30H31Br2N7O4. The van der Waals surface area contributed by atoms with Crippen LogP contribution in [0.5, 0.6) is 0 Å². The van der Waals surface area contributed by atoms with Gasteiger partial charge in [0.1, 0.15) is 11.9 Å². The molecule has 3 aromatic rings. The lowest BCUT2D eigenvalue weighted by atomic mass is 9.99. The van der Waals surface area contributed by atoms with Crippen LogP contribution in [0, 0.1) is 0 Å². The first-order valence-electron chi connectivity index (χ1n) is 13.9. The van der Waals surface area contributed by atoms with Gasteiger partial charge in [-0.2, -0.15) is 0 Å². The summed E-state index contributed by atoms with van der Waals surface area (Å²) in [7, 11) is 0. The third-order valence-corrected chi connectivity index (χ3v) is 8.97. The summed E-state index contributed by atoms with van der Waals surface area (Å²) in [6, 6.07) is 14.0. The smallest absolute Gasteiger partial charge is 0.322 e. The Morgan fingerprint density at radius 1 is 1.02 bits per heavy atom. The molecule has 0 aliphatic carbocycles. The molecular weight excluding hydrogens is 682 g/mol. The second-order valence-corrected chi connectivity index (χ2v) is 12.1. The summed E-state index contributed by atoms with van der Waals surface area (Å²) in [5, 5.41) is 8.30. The van der Waals surface area contributed by atoms with Crippen molar-refractivity contribution in [2.45, 2.75) is 37.8 Å². The van der Waals surface area contributed by atoms with Gasteiger partial charge in [0.05, 0.1) is 5.69 Å². The van der Waals surface area contributed by atoms with Gasteiger partial charge in [0.25, 0.3) is 0 Å². The molecule has 224 valence electrons. The highest BCUT2D eigenvalue weighted by atomic mass is 79.9. The van der Waals surface area contributed by atoms with Gasteiger partial charge in [-0.3, -0.25) is 14.9 Å². The number of urea groups is 2. The summed E-state index contributed by atoms with van der Waals surface area (Å²) < 4.78 is 1.08. The lowest BCUT2D eigenvalue weighted by Crippen LogP contribution is -2.55. The monoisotopic (exact) mass is 711 g/mol. The molecule has 5 N–H and O–H groups in total. The Morgan fingerprint density at radius 3 is 2.42 bits per heavy atom. The average molecular weight is 713 g/mol. The van der Waals surface area contributed by atoms with E-state index in [1.54, 1.807) is 35.2 Å². The molecule has 0 unspecified atom stereocenters. The molecule has 13 heteroatoms. The van der Waals surface area contributed by atoms with E-state index in [9.17, 15) is 19.2 Å². The molecule has 3 heterocycles. The molecule has 0 saturated carbocycles. The number of fused-ring (bicyclic) bond motifs is 1. The number of pyridine rings is 1. The number of aromatic nitrogens is 1. The SMILES string of the molecule is Nc1c(Br)cc(C(=O)C[C@@H](NC(=O)Nc2ccccn2)C(=O)N2CCC(N3CCc4ccccc4NC3=O)CC2)cc1Br. The minimum atomic E-state index is -1.13. The number of nitrogen functional groups attached to an aromatic ring is 1. The molecule has 1 fully saturated rings. The van der Waals surface area contributed by atoms with Crippen molar-refractivity contribution in [3.8, 4) is 0 Å². The largest absolute Gasteiger partial charge is 0.397 e. The number of nitrogens with zero attached hydrogens (tertiary/aromatic N) is 3. The number of nitrogens with two attached hydrogens (primary N) is 1. The number of Topliss-reactive ketones (excluding diaryl/α,β-unsaturated/α-hetero) is 1. The van der Waals surface area contributed by atoms with Crippen LogP contribution in [0.25, 0.3) is 0 Å². The van der Waals surface area contributed by atoms with E-state index in [0.29, 0.717) is 58.5 Å². The number of carbonyl (C=O) groups excluding carboxylic acids is 4. The number of hydrogen-bond acceptors (Lipinski definition) is 6. The van der Waals surface area contributed by atoms with Crippen LogP contribution in [-0.4, -0.2) is 70.3 Å². The quantitative estimate of drug-likeness (QED) is 0.199. The first kappa shape index (κ1) is 30.5. The molecule has 2 aliphatic rings. The lowest BCUT2D eigenvalue weighted by Gasteiger charge is -2.39. The van der Waals surface area contributed by atoms with Crippen molar-refractivity contribution >= 4 is 72.8 Å². The Kier molecular flexibility index (Phi) is 9.61. The van der Waals surface area contributed by atoms with Crippen LogP contribution in [0.15, 0.2) is 69.7 Å². The van der Waals surface area contributed by atoms with Gasteiger partial charge >= 0.3 is 12.1 Å². The second kappa shape index (κ2) is 13.6. The van der Waals surface area contributed by atoms with Gasteiger partial charge in [-0.15, -0.1) is 0 Å². The Hall–Kier alpha value is -3.97. The summed E-state index contributed by atoms with van der Waals surface area (Å²) in [5.74, 6) is -0.402. The summed E-state index contributed by atoms with van der Waals surface area (Å²) in [5.41, 5.74) is 8.68. The summed E-state index contributed by atoms with van der Waals surface area (Å²) in [6.45, 7) is 1.35. The third-order valence-electron chi connectivity index (χ3n) is 7.66. The summed E-state index contributed by atoms with van der Waals surface area (Å²) in [4.78, 5) is 60.6. The zero-order valence-corrected chi connectivity index (χ0v) is 26.4. The number of likely N-dealkylation sites (tertiary alicyclic amines) is 1. The van der Waals surface area contributed by atoms with E-state index in [1.165, 1.54) is 6.20 Å². The van der Waals surface area contributed by atoms with Crippen molar-refractivity contribution in [1.82, 2.24) is 20.1 Å². The van der Waals surface area contributed by atoms with Crippen molar-refractivity contribution in [3.63, 3.8) is 0 Å². The fraction of sp³-hybridized carbons (Fsp3) is 0.300. The average Bonchev–Trinajstić information content (AvgIpc) is 3.17. The topological polar surface area (TPSA) is 150 Å². The second-order valence-electron chi connectivity index (χ2n) is 10.4. The van der Waals surface area contributed by atoms with Gasteiger partial charge < -0.3 is 26.2 Å². The number of piperidine rings is 1. The Balaban J connectivity index is 1.27. The number of carbonyl (C=O) groups is 4. The number of hydrogen-bond donors (Lipinski definition) is 4. The molecule has 1 aromatic heterocycles. The molecule has 2 aromatic carbocycles. The highest BCUT2D eigenvalue weighted by Crippen LogP contribution is 2.30. The molecule has 0 radical (unpaired) electrons. The van der Waals surface area contributed by atoms with E-state index in [2.05, 4.69) is 52.8 Å². The molecule has 43 heavy (non-hydrogen) atoms. The van der Waals surface area contributed by atoms with Crippen molar-refractivity contribution in [3.05, 3.63) is 80.9 Å². The van der Waals surface area contributed by atoms with Gasteiger partial charge in [0.2, 0.25) is 5.91 Å². The lowest BCUT2D eigenvalue weighted by molar-refractivity contribution is -0.134. The van der Waals surface area contributed by atoms with Gasteiger partial charge in [0, 0.05) is 58.5 Å². The maximum absolute atomic E-state index is 13.8. The van der Waals surface area contributed by atoms with Gasteiger partial charge in [0.15, 0.2) is 5.78 Å². The minimum Gasteiger partial charge on any atom is -0.397 e. The maximum Gasteiger partial charge on any atom is 0.322 e. The Bertz CT molecular complexity index is 1510. The van der Waals surface area contributed by atoms with Gasteiger partial charge in [-0.05, 0) is 87.0 Å². The van der Waals surface area contributed by atoms with Crippen molar-refractivity contribution in [2.24, 2.45) is 0 Å². The highest BCUT2D eigenvalue weighted by Gasteiger charge is 2.35. The number of nitrogens with one attached hydrogen (secondary N) is 3. The number of para-hydroxylation sites is 1. The number of anilines is 3. The Morgan fingerprint density at radius 2 is 1.72 bits per heavy atom. The molecule has 5 amide bonds. The number of halogens is 2. The van der Waals surface area contributed by atoms with E-state index in [4.69, 9.17) is 5.73 Å². The number of amides is 5. The highest BCUT2D eigenvalue weighted by molar-refractivity contribution is 9.11. The van der Waals surface area contributed by atoms with E-state index in [0.717, 1.165) is 17.7 Å². The molecule has 11 nitrogen and oxygen atoms in total. The predicted octanol–water partition coefficient (Wildman–Crippen LogP) is 5.03. The maximum atomic E-state index is 13.8. The number of ketones is 1. The zero-order chi connectivity index (χ0) is 30.5. The molecule has 1 atom stereocenters. The molecule has 5 rings (SSSR count). The third kappa shape index (κ3) is 7.34. The fourth-order valence-corrected chi connectivity index (χ4v) is 6.54. The number of rotatable bonds is 7. The predicted molar refractivity (Wildman–Crippen MR) is 171 cm³/mol. The zero-order valence-electron chi connectivity index (χ0n) is 23.2. The van der Waals surface area contributed by atoms with Crippen LogP contribution in [-0.2, 0) is 11.2 Å². The number of benzene rings is 2. The molecule has 1 saturated heterocycles. The van der Waals surface area contributed by atoms with Crippen LogP contribution in [0.3, 0.4) is 0 Å². The van der Waals surface area contributed by atoms with Crippen molar-refractivity contribution < 1.29 is 19.2 Å². The molecule has 0 spiro atoms. The first-order chi connectivity index (χ1) is 20.7. The van der Waals surface area contributed by atoms with Crippen LogP contribution in [0.1, 0.15) is 35.2 Å². The summed E-state index contributed by atoms with van der Waals surface area (Å²) >= 11 is 6.71. The van der Waals surface area contributed by atoms with E-state index in [-0.39, 0.29) is 30.2 Å². The van der Waals surface area contributed by atoms with Gasteiger partial charge in [-0.1, -0.05) is 24.3 Å². The standard InChI is InChI=1S/C30H31Br2N7O4/c31-21-15-19(16-22(32)27(21)33)25(40)17-24(35-29(42)37-26-7-3-4-11-34-26)28(41)38-12-9-20(10-13-38)39-14-8-18-5-1-2-6-23(18)36-30(39)43/h1-7,11,15-16,20,24H,8-10,12-14,17,33H2,(H,36,43)(H2,34,35,37,42)/t24-/m1/s1. The van der Waals surface area contributed by atoms with E-state index >= 15 is 0 Å². The van der Waals surface area contributed by atoms with Gasteiger partial charge in [-0.25, -0.2) is 14.6 Å². The van der Waals surface area contributed by atoms with Crippen molar-refractivity contribution in [1.29, 1.82) is 0 Å². The van der Waals surface area contributed by atoms with Crippen LogP contribution >= 0.6 is 31.9 Å². The fourth-order valence-electron chi connectivity index (χ4n) is 5.35. The Labute approximate surface area is 265 Å². The minimum absolute atomic E-state index is 0.0386. The van der Waals surface area contributed by atoms with Crippen molar-refractivity contribution in [2.75, 3.05) is 36.0 Å². The van der Waals surface area contributed by atoms with Crippen LogP contribution in [0.4, 0.5) is 26.8 Å². The first-order valence-corrected chi connectivity index (χ1v) is 15.5. The molecule has 0 bridgehead atoms. The van der Waals surface area contributed by atoms with Crippen LogP contribution < -0.4 is 21.7 Å². The van der Waals surface area contributed by atoms with E-state index < -0.39 is 12.1 Å². The summed E-state index contributed by atoms with van der Waals surface area (Å²) in [6.07, 6.45) is 3.17.